The SMILES string of the molecule is C=CCNS(=O)(=O)c1ccc(C(=O)NCc2cccc(CN3CCOC(C)C3)c2)cc1. The van der Waals surface area contributed by atoms with Crippen molar-refractivity contribution in [2.45, 2.75) is 31.0 Å². The number of carbonyl (C=O) groups excluding carboxylic acids is 1. The zero-order valence-electron chi connectivity index (χ0n) is 17.7. The molecule has 0 bridgehead atoms. The van der Waals surface area contributed by atoms with Crippen LogP contribution in [0, 0.1) is 0 Å². The maximum Gasteiger partial charge on any atom is 0.251 e. The Labute approximate surface area is 184 Å². The zero-order chi connectivity index (χ0) is 22.3. The Kier molecular flexibility index (Phi) is 7.97. The highest BCUT2D eigenvalue weighted by Crippen LogP contribution is 2.13. The van der Waals surface area contributed by atoms with Gasteiger partial charge in [0.1, 0.15) is 0 Å². The van der Waals surface area contributed by atoms with Gasteiger partial charge in [0.25, 0.3) is 5.91 Å². The largest absolute Gasteiger partial charge is 0.376 e. The van der Waals surface area contributed by atoms with Gasteiger partial charge in [-0.05, 0) is 42.3 Å². The molecule has 0 spiro atoms. The number of nitrogens with zero attached hydrogens (tertiary/aromatic N) is 1. The van der Waals surface area contributed by atoms with Gasteiger partial charge in [-0.2, -0.15) is 0 Å². The fourth-order valence-electron chi connectivity index (χ4n) is 3.45. The minimum Gasteiger partial charge on any atom is -0.376 e. The lowest BCUT2D eigenvalue weighted by Crippen LogP contribution is -2.40. The second-order valence-electron chi connectivity index (χ2n) is 7.58. The van der Waals surface area contributed by atoms with Crippen LogP contribution in [-0.2, 0) is 27.8 Å². The lowest BCUT2D eigenvalue weighted by Gasteiger charge is -2.31. The molecule has 3 rings (SSSR count). The van der Waals surface area contributed by atoms with Crippen molar-refractivity contribution in [3.63, 3.8) is 0 Å². The van der Waals surface area contributed by atoms with Crippen LogP contribution in [0.4, 0.5) is 0 Å². The number of nitrogens with one attached hydrogen (secondary N) is 2. The van der Waals surface area contributed by atoms with Crippen LogP contribution in [0.3, 0.4) is 0 Å². The van der Waals surface area contributed by atoms with Crippen LogP contribution < -0.4 is 10.0 Å². The van der Waals surface area contributed by atoms with E-state index < -0.39 is 10.0 Å². The van der Waals surface area contributed by atoms with Gasteiger partial charge in [-0.1, -0.05) is 30.3 Å². The second-order valence-corrected chi connectivity index (χ2v) is 9.35. The van der Waals surface area contributed by atoms with E-state index in [1.165, 1.54) is 35.9 Å². The summed E-state index contributed by atoms with van der Waals surface area (Å²) < 4.78 is 32.2. The molecular weight excluding hydrogens is 414 g/mol. The molecule has 31 heavy (non-hydrogen) atoms. The van der Waals surface area contributed by atoms with Crippen LogP contribution in [0.25, 0.3) is 0 Å². The predicted octanol–water partition coefficient (Wildman–Crippen LogP) is 2.30. The molecule has 1 atom stereocenters. The third kappa shape index (κ3) is 6.73. The average Bonchev–Trinajstić information content (AvgIpc) is 2.76. The molecule has 1 saturated heterocycles. The van der Waals surface area contributed by atoms with Gasteiger partial charge in [-0.15, -0.1) is 6.58 Å². The maximum atomic E-state index is 12.5. The summed E-state index contributed by atoms with van der Waals surface area (Å²) in [5.74, 6) is -0.254. The lowest BCUT2D eigenvalue weighted by atomic mass is 10.1. The molecule has 2 N–H and O–H groups in total. The molecular formula is C23H29N3O4S. The Hall–Kier alpha value is -2.52. The highest BCUT2D eigenvalue weighted by atomic mass is 32.2. The molecule has 0 radical (unpaired) electrons. The molecule has 1 unspecified atom stereocenters. The van der Waals surface area contributed by atoms with E-state index in [1.54, 1.807) is 0 Å². The van der Waals surface area contributed by atoms with Gasteiger partial charge in [0.15, 0.2) is 0 Å². The normalized spacial score (nSPS) is 17.3. The molecule has 8 heteroatoms. The van der Waals surface area contributed by atoms with Crippen molar-refractivity contribution in [1.82, 2.24) is 14.9 Å². The Bertz CT molecular complexity index is 1010. The van der Waals surface area contributed by atoms with E-state index in [0.29, 0.717) is 12.1 Å². The van der Waals surface area contributed by atoms with Gasteiger partial charge in [0.2, 0.25) is 10.0 Å². The quantitative estimate of drug-likeness (QED) is 0.581. The van der Waals surface area contributed by atoms with Crippen molar-refractivity contribution >= 4 is 15.9 Å². The number of sulfonamides is 1. The van der Waals surface area contributed by atoms with Crippen molar-refractivity contribution in [3.05, 3.63) is 77.9 Å². The van der Waals surface area contributed by atoms with E-state index in [2.05, 4.69) is 40.6 Å². The smallest absolute Gasteiger partial charge is 0.251 e. The fourth-order valence-corrected chi connectivity index (χ4v) is 4.45. The minimum atomic E-state index is -3.61. The first-order valence-corrected chi connectivity index (χ1v) is 11.8. The van der Waals surface area contributed by atoms with E-state index in [0.717, 1.165) is 31.8 Å². The Morgan fingerprint density at radius 2 is 1.97 bits per heavy atom. The molecule has 2 aromatic rings. The Morgan fingerprint density at radius 3 is 2.68 bits per heavy atom. The van der Waals surface area contributed by atoms with E-state index in [9.17, 15) is 13.2 Å². The van der Waals surface area contributed by atoms with Gasteiger partial charge < -0.3 is 10.1 Å². The molecule has 166 valence electrons. The van der Waals surface area contributed by atoms with E-state index in [1.807, 2.05) is 12.1 Å². The molecule has 1 amide bonds. The molecule has 1 aliphatic rings. The first-order valence-electron chi connectivity index (χ1n) is 10.3. The number of carbonyl (C=O) groups is 1. The van der Waals surface area contributed by atoms with Crippen molar-refractivity contribution in [3.8, 4) is 0 Å². The highest BCUT2D eigenvalue weighted by molar-refractivity contribution is 7.89. The summed E-state index contributed by atoms with van der Waals surface area (Å²) >= 11 is 0. The molecule has 0 aliphatic carbocycles. The van der Waals surface area contributed by atoms with Crippen molar-refractivity contribution in [2.24, 2.45) is 0 Å². The summed E-state index contributed by atoms with van der Waals surface area (Å²) in [5.41, 5.74) is 2.61. The van der Waals surface area contributed by atoms with Crippen LogP contribution in [0.5, 0.6) is 0 Å². The monoisotopic (exact) mass is 443 g/mol. The van der Waals surface area contributed by atoms with E-state index in [4.69, 9.17) is 4.74 Å². The maximum absolute atomic E-state index is 12.5. The first kappa shape index (κ1) is 23.1. The first-order chi connectivity index (χ1) is 14.9. The van der Waals surface area contributed by atoms with E-state index in [-0.39, 0.29) is 23.5 Å². The van der Waals surface area contributed by atoms with Crippen LogP contribution in [0.1, 0.15) is 28.4 Å². The fraction of sp³-hybridized carbons (Fsp3) is 0.348. The molecule has 0 aromatic heterocycles. The van der Waals surface area contributed by atoms with Crippen LogP contribution in [0.15, 0.2) is 66.1 Å². The molecule has 1 aliphatic heterocycles. The summed E-state index contributed by atoms with van der Waals surface area (Å²) in [7, 11) is -3.61. The second kappa shape index (κ2) is 10.7. The standard InChI is InChI=1S/C23H29N3O4S/c1-3-11-25-31(28,29)22-9-7-21(8-10-22)23(27)24-15-19-5-4-6-20(14-19)17-26-12-13-30-18(2)16-26/h3-10,14,18,25H,1,11-13,15-17H2,2H3,(H,24,27). The Balaban J connectivity index is 1.56. The highest BCUT2D eigenvalue weighted by Gasteiger charge is 2.17. The number of morpholine rings is 1. The average molecular weight is 444 g/mol. The number of ether oxygens (including phenoxy) is 1. The van der Waals surface area contributed by atoms with Crippen LogP contribution in [-0.4, -0.2) is 51.6 Å². The molecule has 7 nitrogen and oxygen atoms in total. The number of benzene rings is 2. The molecule has 2 aromatic carbocycles. The number of rotatable bonds is 9. The molecule has 1 fully saturated rings. The number of amides is 1. The number of hydrogen-bond acceptors (Lipinski definition) is 5. The summed E-state index contributed by atoms with van der Waals surface area (Å²) in [6.45, 7) is 9.55. The molecule has 0 saturated carbocycles. The third-order valence-electron chi connectivity index (χ3n) is 5.02. The van der Waals surface area contributed by atoms with Crippen molar-refractivity contribution < 1.29 is 17.9 Å². The van der Waals surface area contributed by atoms with Gasteiger partial charge >= 0.3 is 0 Å². The third-order valence-corrected chi connectivity index (χ3v) is 6.46. The van der Waals surface area contributed by atoms with Crippen LogP contribution in [0.2, 0.25) is 0 Å². The van der Waals surface area contributed by atoms with Crippen LogP contribution >= 0.6 is 0 Å². The summed E-state index contributed by atoms with van der Waals surface area (Å²) in [5, 5.41) is 2.89. The zero-order valence-corrected chi connectivity index (χ0v) is 18.5. The lowest BCUT2D eigenvalue weighted by molar-refractivity contribution is -0.0212. The summed E-state index contributed by atoms with van der Waals surface area (Å²) in [6.07, 6.45) is 1.71. The van der Waals surface area contributed by atoms with Crippen molar-refractivity contribution in [2.75, 3.05) is 26.2 Å². The Morgan fingerprint density at radius 1 is 1.23 bits per heavy atom. The van der Waals surface area contributed by atoms with Crippen molar-refractivity contribution in [1.29, 1.82) is 0 Å². The van der Waals surface area contributed by atoms with Gasteiger partial charge in [-0.25, -0.2) is 13.1 Å². The van der Waals surface area contributed by atoms with Gasteiger partial charge in [0, 0.05) is 38.3 Å². The van der Waals surface area contributed by atoms with Gasteiger partial charge in [-0.3, -0.25) is 9.69 Å². The minimum absolute atomic E-state index is 0.107. The predicted molar refractivity (Wildman–Crippen MR) is 120 cm³/mol. The molecule has 1 heterocycles. The number of hydrogen-bond donors (Lipinski definition) is 2. The summed E-state index contributed by atoms with van der Waals surface area (Å²) in [4.78, 5) is 15.0. The summed E-state index contributed by atoms with van der Waals surface area (Å²) in [6, 6.07) is 14.0. The topological polar surface area (TPSA) is 87.7 Å². The van der Waals surface area contributed by atoms with Gasteiger partial charge in [0.05, 0.1) is 17.6 Å². The van der Waals surface area contributed by atoms with E-state index >= 15 is 0 Å².